The van der Waals surface area contributed by atoms with E-state index >= 15 is 0 Å². The Balaban J connectivity index is 2.05. The van der Waals surface area contributed by atoms with Crippen molar-refractivity contribution in [3.05, 3.63) is 51.2 Å². The summed E-state index contributed by atoms with van der Waals surface area (Å²) >= 11 is 1.76. The van der Waals surface area contributed by atoms with Gasteiger partial charge >= 0.3 is 0 Å². The first-order valence-corrected chi connectivity index (χ1v) is 8.16. The zero-order chi connectivity index (χ0) is 15.2. The molecule has 0 saturated carbocycles. The quantitative estimate of drug-likeness (QED) is 0.847. The topological polar surface area (TPSA) is 41.1 Å². The SMILES string of the molecule is CCNc1cc(C)ccc1C(=O)NCc1ccc(CC)s1. The first kappa shape index (κ1) is 15.6. The monoisotopic (exact) mass is 302 g/mol. The summed E-state index contributed by atoms with van der Waals surface area (Å²) in [6.07, 6.45) is 1.04. The van der Waals surface area contributed by atoms with Gasteiger partial charge in [0, 0.05) is 22.0 Å². The van der Waals surface area contributed by atoms with Crippen molar-refractivity contribution in [3.63, 3.8) is 0 Å². The molecule has 0 aliphatic heterocycles. The van der Waals surface area contributed by atoms with Gasteiger partial charge in [-0.05, 0) is 50.1 Å². The fraction of sp³-hybridized carbons (Fsp3) is 0.353. The molecule has 2 aromatic rings. The molecule has 0 atom stereocenters. The summed E-state index contributed by atoms with van der Waals surface area (Å²) < 4.78 is 0. The van der Waals surface area contributed by atoms with E-state index < -0.39 is 0 Å². The Morgan fingerprint density at radius 2 is 1.90 bits per heavy atom. The van der Waals surface area contributed by atoms with Crippen LogP contribution in [0.5, 0.6) is 0 Å². The van der Waals surface area contributed by atoms with Crippen molar-refractivity contribution in [1.29, 1.82) is 0 Å². The van der Waals surface area contributed by atoms with Gasteiger partial charge in [0.05, 0.1) is 12.1 Å². The summed E-state index contributed by atoms with van der Waals surface area (Å²) in [5, 5.41) is 6.25. The van der Waals surface area contributed by atoms with Crippen molar-refractivity contribution < 1.29 is 4.79 Å². The molecule has 0 unspecified atom stereocenters. The molecule has 3 nitrogen and oxygen atoms in total. The normalized spacial score (nSPS) is 10.4. The molecule has 2 rings (SSSR count). The average molecular weight is 302 g/mol. The van der Waals surface area contributed by atoms with Crippen molar-refractivity contribution in [1.82, 2.24) is 5.32 Å². The number of thiophene rings is 1. The molecule has 1 amide bonds. The van der Waals surface area contributed by atoms with Crippen LogP contribution >= 0.6 is 11.3 Å². The number of nitrogens with one attached hydrogen (secondary N) is 2. The van der Waals surface area contributed by atoms with Gasteiger partial charge in [-0.1, -0.05) is 13.0 Å². The number of hydrogen-bond donors (Lipinski definition) is 2. The number of aryl methyl sites for hydroxylation is 2. The molecule has 1 aromatic carbocycles. The summed E-state index contributed by atoms with van der Waals surface area (Å²) in [5.74, 6) is -0.0302. The number of carbonyl (C=O) groups is 1. The van der Waals surface area contributed by atoms with Crippen LogP contribution in [-0.2, 0) is 13.0 Å². The van der Waals surface area contributed by atoms with Crippen LogP contribution in [0.2, 0.25) is 0 Å². The van der Waals surface area contributed by atoms with E-state index in [9.17, 15) is 4.79 Å². The van der Waals surface area contributed by atoms with Crippen LogP contribution in [0.15, 0.2) is 30.3 Å². The van der Waals surface area contributed by atoms with Crippen molar-refractivity contribution in [2.45, 2.75) is 33.7 Å². The Morgan fingerprint density at radius 1 is 1.14 bits per heavy atom. The third kappa shape index (κ3) is 4.08. The maximum atomic E-state index is 12.4. The predicted octanol–water partition coefficient (Wildman–Crippen LogP) is 3.98. The van der Waals surface area contributed by atoms with Gasteiger partial charge in [-0.2, -0.15) is 0 Å². The minimum absolute atomic E-state index is 0.0302. The maximum Gasteiger partial charge on any atom is 0.253 e. The molecule has 21 heavy (non-hydrogen) atoms. The van der Waals surface area contributed by atoms with Gasteiger partial charge in [0.15, 0.2) is 0 Å². The van der Waals surface area contributed by atoms with Gasteiger partial charge in [0.2, 0.25) is 0 Å². The molecule has 0 saturated heterocycles. The summed E-state index contributed by atoms with van der Waals surface area (Å²) in [4.78, 5) is 14.9. The smallest absolute Gasteiger partial charge is 0.253 e. The van der Waals surface area contributed by atoms with Crippen molar-refractivity contribution >= 4 is 22.9 Å². The van der Waals surface area contributed by atoms with Crippen LogP contribution in [-0.4, -0.2) is 12.5 Å². The van der Waals surface area contributed by atoms with Crippen LogP contribution in [0, 0.1) is 6.92 Å². The van der Waals surface area contributed by atoms with Gasteiger partial charge in [0.25, 0.3) is 5.91 Å². The zero-order valence-electron chi connectivity index (χ0n) is 12.8. The fourth-order valence-electron chi connectivity index (χ4n) is 2.16. The molecule has 0 aliphatic rings. The van der Waals surface area contributed by atoms with E-state index in [-0.39, 0.29) is 5.91 Å². The molecular weight excluding hydrogens is 280 g/mol. The van der Waals surface area contributed by atoms with Crippen LogP contribution in [0.3, 0.4) is 0 Å². The Bertz CT molecular complexity index is 619. The highest BCUT2D eigenvalue weighted by molar-refractivity contribution is 7.11. The predicted molar refractivity (Wildman–Crippen MR) is 90.2 cm³/mol. The molecule has 0 radical (unpaired) electrons. The second-order valence-electron chi connectivity index (χ2n) is 4.98. The summed E-state index contributed by atoms with van der Waals surface area (Å²) in [5.41, 5.74) is 2.75. The average Bonchev–Trinajstić information content (AvgIpc) is 2.93. The molecule has 1 heterocycles. The highest BCUT2D eigenvalue weighted by Crippen LogP contribution is 2.19. The van der Waals surface area contributed by atoms with E-state index in [2.05, 4.69) is 29.7 Å². The largest absolute Gasteiger partial charge is 0.385 e. The van der Waals surface area contributed by atoms with E-state index in [1.807, 2.05) is 32.0 Å². The maximum absolute atomic E-state index is 12.4. The molecular formula is C17H22N2OS. The minimum Gasteiger partial charge on any atom is -0.385 e. The number of benzene rings is 1. The molecule has 0 fully saturated rings. The Labute approximate surface area is 130 Å². The molecule has 112 valence electrons. The number of amides is 1. The van der Waals surface area contributed by atoms with Crippen molar-refractivity contribution in [2.24, 2.45) is 0 Å². The molecule has 0 spiro atoms. The number of hydrogen-bond acceptors (Lipinski definition) is 3. The highest BCUT2D eigenvalue weighted by Gasteiger charge is 2.11. The lowest BCUT2D eigenvalue weighted by Gasteiger charge is -2.11. The fourth-order valence-corrected chi connectivity index (χ4v) is 3.06. The zero-order valence-corrected chi connectivity index (χ0v) is 13.6. The Kier molecular flexibility index (Phi) is 5.39. The Morgan fingerprint density at radius 3 is 2.57 bits per heavy atom. The van der Waals surface area contributed by atoms with Gasteiger partial charge in [-0.15, -0.1) is 11.3 Å². The summed E-state index contributed by atoms with van der Waals surface area (Å²) in [6, 6.07) is 10.1. The molecule has 2 N–H and O–H groups in total. The highest BCUT2D eigenvalue weighted by atomic mass is 32.1. The van der Waals surface area contributed by atoms with Gasteiger partial charge in [-0.3, -0.25) is 4.79 Å². The third-order valence-corrected chi connectivity index (χ3v) is 4.51. The van der Waals surface area contributed by atoms with Gasteiger partial charge < -0.3 is 10.6 Å². The third-order valence-electron chi connectivity index (χ3n) is 3.28. The molecule has 0 bridgehead atoms. The van der Waals surface area contributed by atoms with E-state index in [0.717, 1.165) is 24.2 Å². The molecule has 1 aromatic heterocycles. The van der Waals surface area contributed by atoms with Crippen molar-refractivity contribution in [3.8, 4) is 0 Å². The van der Waals surface area contributed by atoms with E-state index in [1.165, 1.54) is 9.75 Å². The van der Waals surface area contributed by atoms with E-state index in [4.69, 9.17) is 0 Å². The minimum atomic E-state index is -0.0302. The summed E-state index contributed by atoms with van der Waals surface area (Å²) in [6.45, 7) is 7.59. The number of rotatable bonds is 6. The lowest BCUT2D eigenvalue weighted by atomic mass is 10.1. The van der Waals surface area contributed by atoms with E-state index in [1.54, 1.807) is 11.3 Å². The lowest BCUT2D eigenvalue weighted by Crippen LogP contribution is -2.23. The second-order valence-corrected chi connectivity index (χ2v) is 6.24. The summed E-state index contributed by atoms with van der Waals surface area (Å²) in [7, 11) is 0. The van der Waals surface area contributed by atoms with Crippen LogP contribution in [0.1, 0.15) is 39.5 Å². The van der Waals surface area contributed by atoms with E-state index in [0.29, 0.717) is 12.1 Å². The van der Waals surface area contributed by atoms with Crippen LogP contribution in [0.4, 0.5) is 5.69 Å². The van der Waals surface area contributed by atoms with Gasteiger partial charge in [-0.25, -0.2) is 0 Å². The molecule has 4 heteroatoms. The standard InChI is InChI=1S/C17H22N2OS/c1-4-13-7-8-14(21-13)11-19-17(20)15-9-6-12(3)10-16(15)18-5-2/h6-10,18H,4-5,11H2,1-3H3,(H,19,20). The molecule has 0 aliphatic carbocycles. The second kappa shape index (κ2) is 7.27. The lowest BCUT2D eigenvalue weighted by molar-refractivity contribution is 0.0952. The Hall–Kier alpha value is -1.81. The van der Waals surface area contributed by atoms with Crippen molar-refractivity contribution in [2.75, 3.05) is 11.9 Å². The first-order chi connectivity index (χ1) is 10.1. The number of anilines is 1. The van der Waals surface area contributed by atoms with Gasteiger partial charge in [0.1, 0.15) is 0 Å². The van der Waals surface area contributed by atoms with Crippen LogP contribution in [0.25, 0.3) is 0 Å². The van der Waals surface area contributed by atoms with Crippen LogP contribution < -0.4 is 10.6 Å². The first-order valence-electron chi connectivity index (χ1n) is 7.34. The number of carbonyl (C=O) groups excluding carboxylic acids is 1.